The summed E-state index contributed by atoms with van der Waals surface area (Å²) in [5, 5.41) is 11.3. The second-order valence-corrected chi connectivity index (χ2v) is 7.67. The summed E-state index contributed by atoms with van der Waals surface area (Å²) in [5.74, 6) is 0.839. The van der Waals surface area contributed by atoms with Gasteiger partial charge in [-0.05, 0) is 37.7 Å². The molecule has 1 aromatic carbocycles. The number of ether oxygens (including phenoxy) is 1. The smallest absolute Gasteiger partial charge is 0.406 e. The van der Waals surface area contributed by atoms with E-state index in [1.54, 1.807) is 6.92 Å². The Hall–Kier alpha value is -4.06. The van der Waals surface area contributed by atoms with Crippen LogP contribution >= 0.6 is 0 Å². The van der Waals surface area contributed by atoms with Crippen LogP contribution in [0.15, 0.2) is 51.9 Å². The molecule has 4 aromatic rings. The highest BCUT2D eigenvalue weighted by atomic mass is 19.4. The average molecular weight is 488 g/mol. The van der Waals surface area contributed by atoms with Crippen molar-refractivity contribution in [2.24, 2.45) is 0 Å². The number of halogens is 3. The highest BCUT2D eigenvalue weighted by Crippen LogP contribution is 2.32. The van der Waals surface area contributed by atoms with Crippen molar-refractivity contribution in [1.82, 2.24) is 30.0 Å². The molecule has 35 heavy (non-hydrogen) atoms. The van der Waals surface area contributed by atoms with Gasteiger partial charge in [0.15, 0.2) is 0 Å². The van der Waals surface area contributed by atoms with Gasteiger partial charge >= 0.3 is 6.18 Å². The second kappa shape index (κ2) is 9.66. The van der Waals surface area contributed by atoms with Crippen LogP contribution in [0.5, 0.6) is 5.75 Å². The zero-order valence-electron chi connectivity index (χ0n) is 19.1. The molecule has 0 saturated carbocycles. The van der Waals surface area contributed by atoms with E-state index in [9.17, 15) is 18.0 Å². The maximum atomic E-state index is 12.8. The van der Waals surface area contributed by atoms with Crippen LogP contribution in [0, 0.1) is 6.92 Å². The molecule has 3 heterocycles. The molecular weight excluding hydrogens is 465 g/mol. The highest BCUT2D eigenvalue weighted by Gasteiger charge is 2.28. The van der Waals surface area contributed by atoms with E-state index in [-0.39, 0.29) is 30.2 Å². The van der Waals surface area contributed by atoms with Gasteiger partial charge in [0.05, 0.1) is 30.3 Å². The van der Waals surface area contributed by atoms with Gasteiger partial charge in [-0.1, -0.05) is 6.07 Å². The molecule has 0 aliphatic heterocycles. The fraction of sp³-hybridized carbons (Fsp3) is 0.261. The van der Waals surface area contributed by atoms with Crippen LogP contribution < -0.4 is 15.6 Å². The molecule has 0 saturated heterocycles. The molecule has 0 aliphatic rings. The van der Waals surface area contributed by atoms with Crippen molar-refractivity contribution in [1.29, 1.82) is 0 Å². The van der Waals surface area contributed by atoms with Gasteiger partial charge in [-0.15, -0.1) is 10.2 Å². The summed E-state index contributed by atoms with van der Waals surface area (Å²) in [6.45, 7) is 0.936. The van der Waals surface area contributed by atoms with E-state index in [1.165, 1.54) is 19.4 Å². The molecular formula is C23H23F3N6O3. The molecule has 0 amide bonds. The molecule has 0 spiro atoms. The Morgan fingerprint density at radius 2 is 1.94 bits per heavy atom. The van der Waals surface area contributed by atoms with Crippen LogP contribution in [-0.4, -0.2) is 45.1 Å². The number of methoxy groups -OCH3 is 1. The van der Waals surface area contributed by atoms with Gasteiger partial charge in [0.2, 0.25) is 0 Å². The van der Waals surface area contributed by atoms with E-state index < -0.39 is 18.3 Å². The SMILES string of the molecule is CNCc1ccc(-c2nnc(-c3nc(-c4ccc(=O)n(CC(F)(F)F)c4)cnc3C)o2)c(OC)c1.[HH]. The van der Waals surface area contributed by atoms with Crippen LogP contribution in [0.1, 0.15) is 12.7 Å². The lowest BCUT2D eigenvalue weighted by Crippen LogP contribution is -2.27. The van der Waals surface area contributed by atoms with Crippen LogP contribution in [0.2, 0.25) is 0 Å². The fourth-order valence-corrected chi connectivity index (χ4v) is 3.44. The molecule has 184 valence electrons. The van der Waals surface area contributed by atoms with Crippen LogP contribution in [-0.2, 0) is 13.1 Å². The summed E-state index contributed by atoms with van der Waals surface area (Å²) in [4.78, 5) is 20.6. The topological polar surface area (TPSA) is 108 Å². The van der Waals surface area contributed by atoms with Gasteiger partial charge < -0.3 is 19.0 Å². The van der Waals surface area contributed by atoms with Crippen molar-refractivity contribution in [2.75, 3.05) is 14.2 Å². The first kappa shape index (κ1) is 24.1. The van der Waals surface area contributed by atoms with E-state index in [4.69, 9.17) is 9.15 Å². The van der Waals surface area contributed by atoms with E-state index >= 15 is 0 Å². The third-order valence-electron chi connectivity index (χ3n) is 5.09. The lowest BCUT2D eigenvalue weighted by atomic mass is 10.1. The Kier molecular flexibility index (Phi) is 6.65. The predicted octanol–water partition coefficient (Wildman–Crippen LogP) is 3.87. The average Bonchev–Trinajstić information content (AvgIpc) is 3.30. The fourth-order valence-electron chi connectivity index (χ4n) is 3.44. The maximum Gasteiger partial charge on any atom is 0.406 e. The molecule has 12 heteroatoms. The molecule has 0 atom stereocenters. The number of nitrogens with one attached hydrogen (secondary N) is 1. The van der Waals surface area contributed by atoms with Crippen molar-refractivity contribution >= 4 is 0 Å². The first-order chi connectivity index (χ1) is 16.7. The Bertz CT molecular complexity index is 1420. The van der Waals surface area contributed by atoms with E-state index in [2.05, 4.69) is 25.5 Å². The number of benzene rings is 1. The van der Waals surface area contributed by atoms with E-state index in [0.29, 0.717) is 28.1 Å². The minimum Gasteiger partial charge on any atom is -0.496 e. The van der Waals surface area contributed by atoms with Gasteiger partial charge in [-0.2, -0.15) is 13.2 Å². The van der Waals surface area contributed by atoms with E-state index in [1.807, 2.05) is 25.2 Å². The third-order valence-corrected chi connectivity index (χ3v) is 5.09. The normalized spacial score (nSPS) is 11.6. The molecule has 0 fully saturated rings. The summed E-state index contributed by atoms with van der Waals surface area (Å²) >= 11 is 0. The molecule has 3 aromatic heterocycles. The lowest BCUT2D eigenvalue weighted by Gasteiger charge is -2.11. The third kappa shape index (κ3) is 5.38. The maximum absolute atomic E-state index is 12.8. The molecule has 0 bridgehead atoms. The summed E-state index contributed by atoms with van der Waals surface area (Å²) in [6.07, 6.45) is -2.05. The summed E-state index contributed by atoms with van der Waals surface area (Å²) in [6, 6.07) is 8.00. The lowest BCUT2D eigenvalue weighted by molar-refractivity contribution is -0.141. The first-order valence-corrected chi connectivity index (χ1v) is 10.5. The number of aromatic nitrogens is 5. The van der Waals surface area contributed by atoms with Gasteiger partial charge in [0.1, 0.15) is 18.0 Å². The van der Waals surface area contributed by atoms with Gasteiger partial charge in [0.25, 0.3) is 17.3 Å². The van der Waals surface area contributed by atoms with Crippen molar-refractivity contribution in [3.8, 4) is 40.0 Å². The monoisotopic (exact) mass is 488 g/mol. The molecule has 4 rings (SSSR count). The number of hydrogen-bond donors (Lipinski definition) is 1. The van der Waals surface area contributed by atoms with Crippen molar-refractivity contribution in [3.63, 3.8) is 0 Å². The van der Waals surface area contributed by atoms with Crippen LogP contribution in [0.3, 0.4) is 0 Å². The van der Waals surface area contributed by atoms with Crippen molar-refractivity contribution < 1.29 is 23.8 Å². The second-order valence-electron chi connectivity index (χ2n) is 7.67. The zero-order valence-corrected chi connectivity index (χ0v) is 19.1. The summed E-state index contributed by atoms with van der Waals surface area (Å²) in [7, 11) is 3.38. The Balaban J connectivity index is 0.00000361. The quantitative estimate of drug-likeness (QED) is 0.418. The number of pyridine rings is 1. The molecule has 1 N–H and O–H groups in total. The number of aryl methyl sites for hydroxylation is 1. The molecule has 9 nitrogen and oxygen atoms in total. The molecule has 0 unspecified atom stereocenters. The van der Waals surface area contributed by atoms with Gasteiger partial charge in [-0.3, -0.25) is 9.78 Å². The van der Waals surface area contributed by atoms with Gasteiger partial charge in [0, 0.05) is 25.8 Å². The number of nitrogens with zero attached hydrogens (tertiary/aromatic N) is 5. The Morgan fingerprint density at radius 1 is 1.17 bits per heavy atom. The minimum absolute atomic E-state index is 0. The summed E-state index contributed by atoms with van der Waals surface area (Å²) < 4.78 is 50.4. The number of hydrogen-bond acceptors (Lipinski definition) is 8. The number of rotatable bonds is 7. The Labute approximate surface area is 199 Å². The summed E-state index contributed by atoms with van der Waals surface area (Å²) in [5.41, 5.74) is 2.09. The van der Waals surface area contributed by atoms with Crippen LogP contribution in [0.25, 0.3) is 34.3 Å². The van der Waals surface area contributed by atoms with Crippen molar-refractivity contribution in [3.05, 3.63) is 64.3 Å². The van der Waals surface area contributed by atoms with E-state index in [0.717, 1.165) is 17.8 Å². The minimum atomic E-state index is -4.54. The number of alkyl halides is 3. The Morgan fingerprint density at radius 3 is 2.66 bits per heavy atom. The largest absolute Gasteiger partial charge is 0.496 e. The molecule has 0 radical (unpaired) electrons. The standard InChI is InChI=1S/C23H21F3N6O3.H2/c1-13-20(22-31-30-21(35-22)16-6-4-14(9-27-2)8-18(16)34-3)29-17(10-28-13)15-5-7-19(33)32(11-15)12-23(24,25)26;/h4-8,10-11,27H,9,12H2,1-3H3;1H. The first-order valence-electron chi connectivity index (χ1n) is 10.5. The predicted molar refractivity (Wildman–Crippen MR) is 123 cm³/mol. The van der Waals surface area contributed by atoms with Crippen LogP contribution in [0.4, 0.5) is 13.2 Å². The highest BCUT2D eigenvalue weighted by molar-refractivity contribution is 5.66. The molecule has 0 aliphatic carbocycles. The van der Waals surface area contributed by atoms with Gasteiger partial charge in [-0.25, -0.2) is 4.98 Å². The zero-order chi connectivity index (χ0) is 25.2. The van der Waals surface area contributed by atoms with Crippen molar-refractivity contribution in [2.45, 2.75) is 26.2 Å².